The zero-order valence-corrected chi connectivity index (χ0v) is 11.5. The van der Waals surface area contributed by atoms with Gasteiger partial charge in [0.15, 0.2) is 0 Å². The number of nitrogens with two attached hydrogens (primary N) is 1. The van der Waals surface area contributed by atoms with E-state index in [1.165, 1.54) is 0 Å². The quantitative estimate of drug-likeness (QED) is 0.773. The Balaban J connectivity index is 1.84. The molecule has 0 amide bonds. The number of furan rings is 2. The van der Waals surface area contributed by atoms with E-state index in [0.717, 1.165) is 22.5 Å². The molecule has 2 heterocycles. The molecule has 0 saturated heterocycles. The third-order valence-electron chi connectivity index (χ3n) is 3.51. The number of para-hydroxylation sites is 1. The van der Waals surface area contributed by atoms with Gasteiger partial charge in [0, 0.05) is 11.9 Å². The highest BCUT2D eigenvalue weighted by atomic mass is 16.3. The highest BCUT2D eigenvalue weighted by Gasteiger charge is 2.20. The van der Waals surface area contributed by atoms with E-state index in [1.54, 1.807) is 6.26 Å². The largest absolute Gasteiger partial charge is 0.468 e. The van der Waals surface area contributed by atoms with Gasteiger partial charge in [0.1, 0.15) is 17.1 Å². The number of nitrogens with zero attached hydrogens (tertiary/aromatic N) is 1. The standard InChI is InChI=1S/C16H18N2O2/c1-18(11-13-6-4-8-19-13)14(10-17)16-9-12-5-2-3-7-15(12)20-16/h2-9,14H,10-11,17H2,1H3. The molecule has 0 fully saturated rings. The van der Waals surface area contributed by atoms with Gasteiger partial charge in [-0.05, 0) is 31.3 Å². The van der Waals surface area contributed by atoms with Crippen LogP contribution in [-0.2, 0) is 6.54 Å². The van der Waals surface area contributed by atoms with Gasteiger partial charge in [-0.3, -0.25) is 4.90 Å². The van der Waals surface area contributed by atoms with Crippen LogP contribution in [0.25, 0.3) is 11.0 Å². The lowest BCUT2D eigenvalue weighted by atomic mass is 10.1. The molecule has 4 nitrogen and oxygen atoms in total. The third kappa shape index (κ3) is 2.48. The zero-order valence-electron chi connectivity index (χ0n) is 11.5. The monoisotopic (exact) mass is 270 g/mol. The lowest BCUT2D eigenvalue weighted by Gasteiger charge is -2.24. The van der Waals surface area contributed by atoms with E-state index < -0.39 is 0 Å². The van der Waals surface area contributed by atoms with Crippen molar-refractivity contribution in [2.24, 2.45) is 5.73 Å². The molecule has 0 aliphatic carbocycles. The van der Waals surface area contributed by atoms with Crippen molar-refractivity contribution in [2.75, 3.05) is 13.6 Å². The van der Waals surface area contributed by atoms with Crippen LogP contribution in [0.1, 0.15) is 17.6 Å². The molecule has 0 bridgehead atoms. The lowest BCUT2D eigenvalue weighted by molar-refractivity contribution is 0.201. The van der Waals surface area contributed by atoms with Crippen molar-refractivity contribution in [1.82, 2.24) is 4.90 Å². The first-order chi connectivity index (χ1) is 9.78. The highest BCUT2D eigenvalue weighted by molar-refractivity contribution is 5.77. The average molecular weight is 270 g/mol. The van der Waals surface area contributed by atoms with Crippen molar-refractivity contribution in [2.45, 2.75) is 12.6 Å². The fourth-order valence-electron chi connectivity index (χ4n) is 2.44. The summed E-state index contributed by atoms with van der Waals surface area (Å²) in [5.41, 5.74) is 6.82. The molecule has 1 unspecified atom stereocenters. The molecule has 3 aromatic rings. The summed E-state index contributed by atoms with van der Waals surface area (Å²) in [6.45, 7) is 1.20. The molecular formula is C16H18N2O2. The van der Waals surface area contributed by atoms with Gasteiger partial charge in [0.05, 0.1) is 18.8 Å². The summed E-state index contributed by atoms with van der Waals surface area (Å²) >= 11 is 0. The van der Waals surface area contributed by atoms with Gasteiger partial charge >= 0.3 is 0 Å². The number of hydrogen-bond acceptors (Lipinski definition) is 4. The molecule has 0 radical (unpaired) electrons. The van der Waals surface area contributed by atoms with Crippen LogP contribution < -0.4 is 5.73 Å². The maximum atomic E-state index is 5.92. The first-order valence-corrected chi connectivity index (χ1v) is 6.69. The van der Waals surface area contributed by atoms with Gasteiger partial charge in [0.2, 0.25) is 0 Å². The van der Waals surface area contributed by atoms with Crippen molar-refractivity contribution in [3.8, 4) is 0 Å². The van der Waals surface area contributed by atoms with E-state index >= 15 is 0 Å². The van der Waals surface area contributed by atoms with Crippen molar-refractivity contribution in [3.05, 3.63) is 60.2 Å². The van der Waals surface area contributed by atoms with Crippen LogP contribution in [0.2, 0.25) is 0 Å². The van der Waals surface area contributed by atoms with Crippen molar-refractivity contribution in [3.63, 3.8) is 0 Å². The van der Waals surface area contributed by atoms with Gasteiger partial charge in [0.25, 0.3) is 0 Å². The van der Waals surface area contributed by atoms with Crippen LogP contribution in [0.5, 0.6) is 0 Å². The fraction of sp³-hybridized carbons (Fsp3) is 0.250. The molecule has 2 N–H and O–H groups in total. The Bertz CT molecular complexity index is 640. The summed E-state index contributed by atoms with van der Waals surface area (Å²) in [6, 6.07) is 13.9. The second-order valence-corrected chi connectivity index (χ2v) is 4.93. The Morgan fingerprint density at radius 3 is 2.75 bits per heavy atom. The van der Waals surface area contributed by atoms with Crippen LogP contribution in [-0.4, -0.2) is 18.5 Å². The topological polar surface area (TPSA) is 55.5 Å². The smallest absolute Gasteiger partial charge is 0.134 e. The molecule has 1 atom stereocenters. The van der Waals surface area contributed by atoms with E-state index in [4.69, 9.17) is 14.6 Å². The minimum Gasteiger partial charge on any atom is -0.468 e. The van der Waals surface area contributed by atoms with E-state index in [9.17, 15) is 0 Å². The Hall–Kier alpha value is -2.04. The third-order valence-corrected chi connectivity index (χ3v) is 3.51. The maximum Gasteiger partial charge on any atom is 0.134 e. The fourth-order valence-corrected chi connectivity index (χ4v) is 2.44. The molecule has 20 heavy (non-hydrogen) atoms. The van der Waals surface area contributed by atoms with Gasteiger partial charge in [-0.1, -0.05) is 18.2 Å². The Labute approximate surface area is 117 Å². The highest BCUT2D eigenvalue weighted by Crippen LogP contribution is 2.27. The van der Waals surface area contributed by atoms with E-state index in [0.29, 0.717) is 13.1 Å². The molecule has 1 aromatic carbocycles. The number of benzene rings is 1. The second kappa shape index (κ2) is 5.53. The molecule has 2 aromatic heterocycles. The number of likely N-dealkylation sites (N-methyl/N-ethyl adjacent to an activating group) is 1. The van der Waals surface area contributed by atoms with E-state index in [-0.39, 0.29) is 6.04 Å². The summed E-state index contributed by atoms with van der Waals surface area (Å²) in [4.78, 5) is 2.14. The van der Waals surface area contributed by atoms with Crippen molar-refractivity contribution < 1.29 is 8.83 Å². The Morgan fingerprint density at radius 1 is 1.20 bits per heavy atom. The van der Waals surface area contributed by atoms with Gasteiger partial charge in [-0.15, -0.1) is 0 Å². The molecule has 4 heteroatoms. The van der Waals surface area contributed by atoms with Gasteiger partial charge in [-0.2, -0.15) is 0 Å². The summed E-state index contributed by atoms with van der Waals surface area (Å²) in [6.07, 6.45) is 1.68. The number of hydrogen-bond donors (Lipinski definition) is 1. The van der Waals surface area contributed by atoms with Crippen LogP contribution in [0.3, 0.4) is 0 Å². The average Bonchev–Trinajstić information content (AvgIpc) is 3.08. The zero-order chi connectivity index (χ0) is 13.9. The molecule has 0 aliphatic heterocycles. The van der Waals surface area contributed by atoms with Crippen LogP contribution in [0, 0.1) is 0 Å². The van der Waals surface area contributed by atoms with Crippen molar-refractivity contribution >= 4 is 11.0 Å². The molecule has 0 aliphatic rings. The molecule has 0 spiro atoms. The first-order valence-electron chi connectivity index (χ1n) is 6.69. The Kier molecular flexibility index (Phi) is 3.58. The molecule has 0 saturated carbocycles. The minimum absolute atomic E-state index is 0.0347. The van der Waals surface area contributed by atoms with E-state index in [2.05, 4.69) is 11.0 Å². The van der Waals surface area contributed by atoms with Crippen LogP contribution in [0.15, 0.2) is 57.6 Å². The predicted octanol–water partition coefficient (Wildman–Crippen LogP) is 3.16. The Morgan fingerprint density at radius 2 is 2.05 bits per heavy atom. The normalized spacial score (nSPS) is 13.2. The minimum atomic E-state index is 0.0347. The van der Waals surface area contributed by atoms with Gasteiger partial charge < -0.3 is 14.6 Å². The predicted molar refractivity (Wildman–Crippen MR) is 78.2 cm³/mol. The molecule has 104 valence electrons. The SMILES string of the molecule is CN(Cc1ccco1)C(CN)c1cc2ccccc2o1. The summed E-state index contributed by atoms with van der Waals surface area (Å²) in [5, 5.41) is 1.10. The van der Waals surface area contributed by atoms with Crippen LogP contribution in [0.4, 0.5) is 0 Å². The van der Waals surface area contributed by atoms with Crippen molar-refractivity contribution in [1.29, 1.82) is 0 Å². The first kappa shape index (κ1) is 13.0. The van der Waals surface area contributed by atoms with E-state index in [1.807, 2.05) is 43.4 Å². The maximum absolute atomic E-state index is 5.92. The van der Waals surface area contributed by atoms with Gasteiger partial charge in [-0.25, -0.2) is 0 Å². The molecule has 3 rings (SSSR count). The van der Waals surface area contributed by atoms with Crippen LogP contribution >= 0.6 is 0 Å². The number of rotatable bonds is 5. The summed E-state index contributed by atoms with van der Waals surface area (Å²) in [7, 11) is 2.02. The summed E-state index contributed by atoms with van der Waals surface area (Å²) < 4.78 is 11.3. The lowest BCUT2D eigenvalue weighted by Crippen LogP contribution is -2.29. The number of fused-ring (bicyclic) bond motifs is 1. The summed E-state index contributed by atoms with van der Waals surface area (Å²) in [5.74, 6) is 1.81. The molecular weight excluding hydrogens is 252 g/mol. The second-order valence-electron chi connectivity index (χ2n) is 4.93.